The lowest BCUT2D eigenvalue weighted by Crippen LogP contribution is -2.35. The highest BCUT2D eigenvalue weighted by Crippen LogP contribution is 2.20. The zero-order valence-electron chi connectivity index (χ0n) is 6.25. The second kappa shape index (κ2) is 2.51. The number of nitrogen functional groups attached to an aromatic ring is 1. The van der Waals surface area contributed by atoms with Crippen molar-refractivity contribution in [3.05, 3.63) is 23.9 Å². The Morgan fingerprint density at radius 2 is 2.36 bits per heavy atom. The van der Waals surface area contributed by atoms with Crippen molar-refractivity contribution < 1.29 is 0 Å². The topological polar surface area (TPSA) is 50.9 Å². The summed E-state index contributed by atoms with van der Waals surface area (Å²) in [4.78, 5) is 4.21. The zero-order valence-corrected chi connectivity index (χ0v) is 6.25. The van der Waals surface area contributed by atoms with Gasteiger partial charge in [-0.05, 0) is 25.1 Å². The van der Waals surface area contributed by atoms with Gasteiger partial charge in [-0.15, -0.1) is 0 Å². The molecule has 1 saturated heterocycles. The van der Waals surface area contributed by atoms with E-state index in [0.29, 0.717) is 11.9 Å². The van der Waals surface area contributed by atoms with E-state index < -0.39 is 0 Å². The van der Waals surface area contributed by atoms with E-state index in [1.807, 2.05) is 18.2 Å². The van der Waals surface area contributed by atoms with Crippen molar-refractivity contribution in [2.45, 2.75) is 12.5 Å². The molecule has 3 heteroatoms. The summed E-state index contributed by atoms with van der Waals surface area (Å²) < 4.78 is 0. The molecule has 3 nitrogen and oxygen atoms in total. The van der Waals surface area contributed by atoms with Crippen LogP contribution in [0.4, 0.5) is 5.82 Å². The van der Waals surface area contributed by atoms with Crippen molar-refractivity contribution in [1.29, 1.82) is 0 Å². The number of hydrogen-bond donors (Lipinski definition) is 2. The van der Waals surface area contributed by atoms with Gasteiger partial charge in [0, 0.05) is 0 Å². The number of anilines is 1. The Morgan fingerprint density at radius 3 is 2.91 bits per heavy atom. The Hall–Kier alpha value is -1.09. The maximum absolute atomic E-state index is 5.54. The van der Waals surface area contributed by atoms with Crippen LogP contribution in [0.25, 0.3) is 0 Å². The third-order valence-electron chi connectivity index (χ3n) is 1.97. The van der Waals surface area contributed by atoms with Crippen LogP contribution in [0.1, 0.15) is 18.2 Å². The highest BCUT2D eigenvalue weighted by atomic mass is 15.0. The summed E-state index contributed by atoms with van der Waals surface area (Å²) in [7, 11) is 0. The SMILES string of the molecule is Nc1cccc([C@H]2CCN2)n1. The Balaban J connectivity index is 2.23. The van der Waals surface area contributed by atoms with Gasteiger partial charge in [-0.25, -0.2) is 4.98 Å². The van der Waals surface area contributed by atoms with Crippen LogP contribution in [0.5, 0.6) is 0 Å². The van der Waals surface area contributed by atoms with E-state index in [-0.39, 0.29) is 0 Å². The van der Waals surface area contributed by atoms with E-state index in [1.54, 1.807) is 0 Å². The fraction of sp³-hybridized carbons (Fsp3) is 0.375. The average molecular weight is 149 g/mol. The number of nitrogens with one attached hydrogen (secondary N) is 1. The minimum Gasteiger partial charge on any atom is -0.384 e. The van der Waals surface area contributed by atoms with Gasteiger partial charge >= 0.3 is 0 Å². The van der Waals surface area contributed by atoms with Crippen molar-refractivity contribution in [1.82, 2.24) is 10.3 Å². The highest BCUT2D eigenvalue weighted by molar-refractivity contribution is 5.30. The van der Waals surface area contributed by atoms with Crippen molar-refractivity contribution >= 4 is 5.82 Å². The van der Waals surface area contributed by atoms with E-state index in [0.717, 1.165) is 12.2 Å². The first-order valence-electron chi connectivity index (χ1n) is 3.82. The van der Waals surface area contributed by atoms with Crippen molar-refractivity contribution in [3.8, 4) is 0 Å². The summed E-state index contributed by atoms with van der Waals surface area (Å²) in [6, 6.07) is 6.20. The van der Waals surface area contributed by atoms with Gasteiger partial charge < -0.3 is 11.1 Å². The van der Waals surface area contributed by atoms with Crippen LogP contribution < -0.4 is 11.1 Å². The third-order valence-corrected chi connectivity index (χ3v) is 1.97. The van der Waals surface area contributed by atoms with Crippen LogP contribution >= 0.6 is 0 Å². The minimum atomic E-state index is 0.443. The molecule has 0 spiro atoms. The van der Waals surface area contributed by atoms with Crippen LogP contribution in [0.3, 0.4) is 0 Å². The summed E-state index contributed by atoms with van der Waals surface area (Å²) in [5.74, 6) is 0.608. The van der Waals surface area contributed by atoms with Gasteiger partial charge in [0.05, 0.1) is 11.7 Å². The molecule has 0 aliphatic carbocycles. The number of nitrogens with zero attached hydrogens (tertiary/aromatic N) is 1. The molecular weight excluding hydrogens is 138 g/mol. The largest absolute Gasteiger partial charge is 0.384 e. The predicted octanol–water partition coefficient (Wildman–Crippen LogP) is 0.698. The van der Waals surface area contributed by atoms with E-state index in [2.05, 4.69) is 10.3 Å². The van der Waals surface area contributed by atoms with Gasteiger partial charge in [0.25, 0.3) is 0 Å². The molecule has 1 atom stereocenters. The molecule has 58 valence electrons. The summed E-state index contributed by atoms with van der Waals surface area (Å²) in [6.45, 7) is 1.10. The smallest absolute Gasteiger partial charge is 0.123 e. The quantitative estimate of drug-likeness (QED) is 0.618. The molecule has 0 amide bonds. The number of rotatable bonds is 1. The van der Waals surface area contributed by atoms with Crippen LogP contribution in [-0.4, -0.2) is 11.5 Å². The van der Waals surface area contributed by atoms with Crippen molar-refractivity contribution in [2.24, 2.45) is 0 Å². The fourth-order valence-electron chi connectivity index (χ4n) is 1.20. The maximum Gasteiger partial charge on any atom is 0.123 e. The number of pyridine rings is 1. The summed E-state index contributed by atoms with van der Waals surface area (Å²) in [6.07, 6.45) is 1.18. The molecule has 0 unspecified atom stereocenters. The zero-order chi connectivity index (χ0) is 7.68. The molecule has 0 bridgehead atoms. The monoisotopic (exact) mass is 149 g/mol. The molecule has 2 rings (SSSR count). The van der Waals surface area contributed by atoms with Crippen molar-refractivity contribution in [2.75, 3.05) is 12.3 Å². The van der Waals surface area contributed by atoms with Crippen LogP contribution in [-0.2, 0) is 0 Å². The number of nitrogens with two attached hydrogens (primary N) is 1. The fourth-order valence-corrected chi connectivity index (χ4v) is 1.20. The first kappa shape index (κ1) is 6.61. The molecule has 1 fully saturated rings. The Kier molecular flexibility index (Phi) is 1.51. The lowest BCUT2D eigenvalue weighted by molar-refractivity contribution is 0.375. The molecule has 1 aromatic rings. The normalized spacial score (nSPS) is 22.7. The van der Waals surface area contributed by atoms with Gasteiger partial charge in [-0.3, -0.25) is 0 Å². The molecule has 1 aliphatic rings. The molecule has 0 radical (unpaired) electrons. The number of hydrogen-bond acceptors (Lipinski definition) is 3. The molecule has 11 heavy (non-hydrogen) atoms. The Bertz CT molecular complexity index is 255. The highest BCUT2D eigenvalue weighted by Gasteiger charge is 2.19. The summed E-state index contributed by atoms with van der Waals surface area (Å²) in [5, 5.41) is 3.27. The first-order valence-corrected chi connectivity index (χ1v) is 3.82. The molecule has 2 heterocycles. The third kappa shape index (κ3) is 1.19. The molecule has 0 saturated carbocycles. The number of aromatic nitrogens is 1. The first-order chi connectivity index (χ1) is 5.36. The second-order valence-electron chi connectivity index (χ2n) is 2.78. The van der Waals surface area contributed by atoms with E-state index in [4.69, 9.17) is 5.73 Å². The minimum absolute atomic E-state index is 0.443. The van der Waals surface area contributed by atoms with Gasteiger partial charge in [0.2, 0.25) is 0 Å². The molecule has 3 N–H and O–H groups in total. The van der Waals surface area contributed by atoms with Gasteiger partial charge in [0.15, 0.2) is 0 Å². The average Bonchev–Trinajstić information content (AvgIpc) is 1.83. The summed E-state index contributed by atoms with van der Waals surface area (Å²) in [5.41, 5.74) is 6.60. The predicted molar refractivity (Wildman–Crippen MR) is 44.0 cm³/mol. The maximum atomic E-state index is 5.54. The van der Waals surface area contributed by atoms with E-state index in [9.17, 15) is 0 Å². The van der Waals surface area contributed by atoms with Crippen LogP contribution in [0.15, 0.2) is 18.2 Å². The van der Waals surface area contributed by atoms with E-state index in [1.165, 1.54) is 6.42 Å². The Labute approximate surface area is 65.6 Å². The molecular formula is C8H11N3. The molecule has 1 aromatic heterocycles. The summed E-state index contributed by atoms with van der Waals surface area (Å²) >= 11 is 0. The van der Waals surface area contributed by atoms with Gasteiger partial charge in [-0.1, -0.05) is 6.07 Å². The molecule has 0 aromatic carbocycles. The van der Waals surface area contributed by atoms with Crippen molar-refractivity contribution in [3.63, 3.8) is 0 Å². The standard InChI is InChI=1S/C8H11N3/c9-8-3-1-2-7(11-8)6-4-5-10-6/h1-3,6,10H,4-5H2,(H2,9,11)/t6-/m1/s1. The Morgan fingerprint density at radius 1 is 1.55 bits per heavy atom. The van der Waals surface area contributed by atoms with E-state index >= 15 is 0 Å². The van der Waals surface area contributed by atoms with Crippen LogP contribution in [0, 0.1) is 0 Å². The second-order valence-corrected chi connectivity index (χ2v) is 2.78. The van der Waals surface area contributed by atoms with Crippen LogP contribution in [0.2, 0.25) is 0 Å². The molecule has 1 aliphatic heterocycles. The van der Waals surface area contributed by atoms with Gasteiger partial charge in [-0.2, -0.15) is 0 Å². The lowest BCUT2D eigenvalue weighted by atomic mass is 10.0. The van der Waals surface area contributed by atoms with Gasteiger partial charge in [0.1, 0.15) is 5.82 Å². The lowest BCUT2D eigenvalue weighted by Gasteiger charge is -2.26.